The molecule has 4 nitrogen and oxygen atoms in total. The maximum Gasteiger partial charge on any atom is 0.141 e. The van der Waals surface area contributed by atoms with Crippen LogP contribution in [-0.4, -0.2) is 37.0 Å². The maximum atomic E-state index is 6.17. The Morgan fingerprint density at radius 2 is 2.05 bits per heavy atom. The van der Waals surface area contributed by atoms with E-state index in [9.17, 15) is 0 Å². The molecule has 2 N–H and O–H groups in total. The summed E-state index contributed by atoms with van der Waals surface area (Å²) in [6, 6.07) is 8.76. The molecule has 0 atom stereocenters. The average Bonchev–Trinajstić information content (AvgIpc) is 2.94. The van der Waals surface area contributed by atoms with Crippen LogP contribution in [0.1, 0.15) is 21.6 Å². The second-order valence-electron chi connectivity index (χ2n) is 5.80. The second-order valence-corrected chi connectivity index (χ2v) is 6.72. The van der Waals surface area contributed by atoms with Gasteiger partial charge < -0.3 is 10.5 Å². The van der Waals surface area contributed by atoms with Crippen LogP contribution < -0.4 is 5.73 Å². The van der Waals surface area contributed by atoms with Gasteiger partial charge in [-0.1, -0.05) is 12.1 Å². The molecule has 1 aromatic heterocycles. The first-order valence-corrected chi connectivity index (χ1v) is 8.50. The number of benzene rings is 1. The fourth-order valence-electron chi connectivity index (χ4n) is 3.06. The molecule has 1 aromatic carbocycles. The van der Waals surface area contributed by atoms with E-state index in [-0.39, 0.29) is 0 Å². The molecule has 0 saturated carbocycles. The smallest absolute Gasteiger partial charge is 0.141 e. The van der Waals surface area contributed by atoms with Crippen molar-refractivity contribution in [1.82, 2.24) is 4.90 Å². The van der Waals surface area contributed by atoms with Gasteiger partial charge in [0.15, 0.2) is 0 Å². The standard InChI is InChI=1S/C17H19N3OS/c18-17-16-14(3-8-22-16)10-13-2-1-12(9-15(13)19-17)11-20-4-6-21-7-5-20/h1-3,8-9H,4-7,10-11H2,(H2,18,19). The minimum Gasteiger partial charge on any atom is -0.382 e. The van der Waals surface area contributed by atoms with Crippen LogP contribution in [0, 0.1) is 0 Å². The van der Waals surface area contributed by atoms with Crippen molar-refractivity contribution in [3.05, 3.63) is 51.2 Å². The Hall–Kier alpha value is -1.69. The van der Waals surface area contributed by atoms with Gasteiger partial charge in [-0.05, 0) is 34.2 Å². The maximum absolute atomic E-state index is 6.17. The summed E-state index contributed by atoms with van der Waals surface area (Å²) in [5.41, 5.74) is 11.0. The highest BCUT2D eigenvalue weighted by molar-refractivity contribution is 7.12. The first-order chi connectivity index (χ1) is 10.8. The van der Waals surface area contributed by atoms with Crippen LogP contribution in [0.15, 0.2) is 34.6 Å². The predicted molar refractivity (Wildman–Crippen MR) is 90.0 cm³/mol. The monoisotopic (exact) mass is 313 g/mol. The van der Waals surface area contributed by atoms with Crippen molar-refractivity contribution < 1.29 is 4.74 Å². The SMILES string of the molecule is NC1=Nc2cc(CN3CCOCC3)ccc2Cc2ccsc21. The third-order valence-corrected chi connectivity index (χ3v) is 5.24. The van der Waals surface area contributed by atoms with Crippen molar-refractivity contribution in [2.24, 2.45) is 10.7 Å². The number of morpholine rings is 1. The van der Waals surface area contributed by atoms with E-state index in [0.717, 1.165) is 49.8 Å². The first kappa shape index (κ1) is 13.9. The lowest BCUT2D eigenvalue weighted by Crippen LogP contribution is -2.35. The van der Waals surface area contributed by atoms with E-state index >= 15 is 0 Å². The van der Waals surface area contributed by atoms with Crippen LogP contribution in [-0.2, 0) is 17.7 Å². The van der Waals surface area contributed by atoms with Crippen LogP contribution in [0.3, 0.4) is 0 Å². The third kappa shape index (κ3) is 2.67. The molecule has 2 aliphatic heterocycles. The highest BCUT2D eigenvalue weighted by Crippen LogP contribution is 2.31. The normalized spacial score (nSPS) is 18.3. The molecule has 4 rings (SSSR count). The zero-order valence-corrected chi connectivity index (χ0v) is 13.2. The van der Waals surface area contributed by atoms with Crippen LogP contribution in [0.4, 0.5) is 5.69 Å². The Kier molecular flexibility index (Phi) is 3.70. The highest BCUT2D eigenvalue weighted by Gasteiger charge is 2.17. The summed E-state index contributed by atoms with van der Waals surface area (Å²) in [5.74, 6) is 0.646. The highest BCUT2D eigenvalue weighted by atomic mass is 32.1. The molecule has 0 radical (unpaired) electrons. The van der Waals surface area contributed by atoms with Crippen molar-refractivity contribution in [1.29, 1.82) is 0 Å². The fourth-order valence-corrected chi connectivity index (χ4v) is 3.89. The molecule has 0 bridgehead atoms. The summed E-state index contributed by atoms with van der Waals surface area (Å²) in [6.07, 6.45) is 0.913. The van der Waals surface area contributed by atoms with Crippen LogP contribution in [0.2, 0.25) is 0 Å². The molecular formula is C17H19N3OS. The van der Waals surface area contributed by atoms with E-state index in [2.05, 4.69) is 39.5 Å². The molecule has 3 heterocycles. The predicted octanol–water partition coefficient (Wildman–Crippen LogP) is 2.52. The summed E-state index contributed by atoms with van der Waals surface area (Å²) in [6.45, 7) is 4.61. The number of rotatable bonds is 2. The van der Waals surface area contributed by atoms with Crippen molar-refractivity contribution in [3.63, 3.8) is 0 Å². The molecule has 0 unspecified atom stereocenters. The number of hydrogen-bond donors (Lipinski definition) is 1. The number of amidine groups is 1. The van der Waals surface area contributed by atoms with Gasteiger partial charge in [-0.3, -0.25) is 4.90 Å². The number of nitrogens with zero attached hydrogens (tertiary/aromatic N) is 2. The average molecular weight is 313 g/mol. The van der Waals surface area contributed by atoms with Gasteiger partial charge in [0.2, 0.25) is 0 Å². The lowest BCUT2D eigenvalue weighted by atomic mass is 10.0. The summed E-state index contributed by atoms with van der Waals surface area (Å²) in [5, 5.41) is 2.09. The Bertz CT molecular complexity index is 716. The van der Waals surface area contributed by atoms with Crippen molar-refractivity contribution in [3.8, 4) is 0 Å². The molecule has 5 heteroatoms. The molecule has 1 saturated heterocycles. The molecule has 0 spiro atoms. The van der Waals surface area contributed by atoms with E-state index in [1.807, 2.05) is 0 Å². The Morgan fingerprint density at radius 3 is 2.91 bits per heavy atom. The zero-order chi connectivity index (χ0) is 14.9. The number of ether oxygens (including phenoxy) is 1. The van der Waals surface area contributed by atoms with E-state index in [1.54, 1.807) is 11.3 Å². The van der Waals surface area contributed by atoms with Crippen LogP contribution in [0.5, 0.6) is 0 Å². The van der Waals surface area contributed by atoms with Gasteiger partial charge >= 0.3 is 0 Å². The lowest BCUT2D eigenvalue weighted by molar-refractivity contribution is 0.0342. The summed E-state index contributed by atoms with van der Waals surface area (Å²) >= 11 is 1.67. The van der Waals surface area contributed by atoms with Gasteiger partial charge in [0, 0.05) is 26.1 Å². The molecule has 0 aliphatic carbocycles. The summed E-state index contributed by atoms with van der Waals surface area (Å²) in [4.78, 5) is 8.21. The van der Waals surface area contributed by atoms with Crippen molar-refractivity contribution in [2.75, 3.05) is 26.3 Å². The molecule has 1 fully saturated rings. The van der Waals surface area contributed by atoms with Gasteiger partial charge in [-0.15, -0.1) is 11.3 Å². The largest absolute Gasteiger partial charge is 0.382 e. The minimum absolute atomic E-state index is 0.646. The van der Waals surface area contributed by atoms with Crippen LogP contribution >= 0.6 is 11.3 Å². The van der Waals surface area contributed by atoms with Gasteiger partial charge in [0.05, 0.1) is 23.8 Å². The molecule has 2 aromatic rings. The molecular weight excluding hydrogens is 294 g/mol. The first-order valence-electron chi connectivity index (χ1n) is 7.62. The zero-order valence-electron chi connectivity index (χ0n) is 12.4. The van der Waals surface area contributed by atoms with Crippen molar-refractivity contribution >= 4 is 22.9 Å². The summed E-state index contributed by atoms with van der Waals surface area (Å²) < 4.78 is 5.41. The fraction of sp³-hybridized carbons (Fsp3) is 0.353. The topological polar surface area (TPSA) is 50.8 Å². The number of aliphatic imine (C=N–C) groups is 1. The molecule has 2 aliphatic rings. The minimum atomic E-state index is 0.646. The Morgan fingerprint density at radius 1 is 1.18 bits per heavy atom. The van der Waals surface area contributed by atoms with E-state index in [0.29, 0.717) is 5.84 Å². The number of hydrogen-bond acceptors (Lipinski definition) is 5. The second kappa shape index (κ2) is 5.83. The van der Waals surface area contributed by atoms with E-state index in [4.69, 9.17) is 10.5 Å². The van der Waals surface area contributed by atoms with E-state index in [1.165, 1.54) is 16.7 Å². The molecule has 22 heavy (non-hydrogen) atoms. The van der Waals surface area contributed by atoms with Crippen LogP contribution in [0.25, 0.3) is 0 Å². The van der Waals surface area contributed by atoms with Gasteiger partial charge in [0.1, 0.15) is 5.84 Å². The van der Waals surface area contributed by atoms with Gasteiger partial charge in [-0.2, -0.15) is 0 Å². The lowest BCUT2D eigenvalue weighted by Gasteiger charge is -2.26. The Labute approximate surface area is 134 Å². The number of thiophene rings is 1. The van der Waals surface area contributed by atoms with Crippen molar-refractivity contribution in [2.45, 2.75) is 13.0 Å². The Balaban J connectivity index is 1.62. The quantitative estimate of drug-likeness (QED) is 0.927. The van der Waals surface area contributed by atoms with Gasteiger partial charge in [-0.25, -0.2) is 4.99 Å². The molecule has 114 valence electrons. The summed E-state index contributed by atoms with van der Waals surface area (Å²) in [7, 11) is 0. The number of nitrogens with two attached hydrogens (primary N) is 1. The van der Waals surface area contributed by atoms with Gasteiger partial charge in [0.25, 0.3) is 0 Å². The number of fused-ring (bicyclic) bond motifs is 2. The molecule has 0 amide bonds. The third-order valence-electron chi connectivity index (χ3n) is 4.26. The van der Waals surface area contributed by atoms with E-state index < -0.39 is 0 Å².